The van der Waals surface area contributed by atoms with Crippen molar-refractivity contribution in [1.82, 2.24) is 19.4 Å². The first-order valence-electron chi connectivity index (χ1n) is 13.8. The highest BCUT2D eigenvalue weighted by molar-refractivity contribution is 7.19. The maximum Gasteiger partial charge on any atom is 0.406 e. The molecule has 4 aromatic rings. The Kier molecular flexibility index (Phi) is 6.98. The Balaban J connectivity index is 1.45. The first-order chi connectivity index (χ1) is 19.9. The van der Waals surface area contributed by atoms with E-state index in [1.165, 1.54) is 11.3 Å². The predicted octanol–water partition coefficient (Wildman–Crippen LogP) is 4.66. The summed E-state index contributed by atoms with van der Waals surface area (Å²) in [6.07, 6.45) is 0.805. The number of anilines is 1. The number of pyridine rings is 1. The van der Waals surface area contributed by atoms with E-state index in [-0.39, 0.29) is 12.1 Å². The van der Waals surface area contributed by atoms with Crippen LogP contribution in [0.5, 0.6) is 0 Å². The molecule has 5 heterocycles. The van der Waals surface area contributed by atoms with E-state index in [1.54, 1.807) is 12.3 Å². The van der Waals surface area contributed by atoms with E-state index in [2.05, 4.69) is 35.1 Å². The summed E-state index contributed by atoms with van der Waals surface area (Å²) >= 11 is 1.34. The van der Waals surface area contributed by atoms with Crippen molar-refractivity contribution in [3.63, 3.8) is 0 Å². The first-order valence-corrected chi connectivity index (χ1v) is 14.6. The van der Waals surface area contributed by atoms with Gasteiger partial charge in [-0.2, -0.15) is 18.4 Å². The summed E-state index contributed by atoms with van der Waals surface area (Å²) in [7, 11) is 0. The number of rotatable bonds is 5. The van der Waals surface area contributed by atoms with Crippen molar-refractivity contribution in [1.29, 1.82) is 5.26 Å². The van der Waals surface area contributed by atoms with Crippen LogP contribution >= 0.6 is 11.3 Å². The van der Waals surface area contributed by atoms with E-state index in [9.17, 15) is 28.0 Å². The van der Waals surface area contributed by atoms with Crippen molar-refractivity contribution < 1.29 is 13.2 Å². The topological polar surface area (TPSA) is 95.9 Å². The maximum atomic E-state index is 13.0. The van der Waals surface area contributed by atoms with Gasteiger partial charge in [-0.1, -0.05) is 0 Å². The van der Waals surface area contributed by atoms with Gasteiger partial charge in [0.25, 0.3) is 5.56 Å². The van der Waals surface area contributed by atoms with Crippen molar-refractivity contribution in [2.24, 2.45) is 0 Å². The molecule has 2 aliphatic rings. The molecule has 2 aliphatic heterocycles. The van der Waals surface area contributed by atoms with Crippen LogP contribution in [0.3, 0.4) is 0 Å². The van der Waals surface area contributed by atoms with E-state index in [0.717, 1.165) is 76.3 Å². The lowest BCUT2D eigenvalue weighted by Gasteiger charge is -2.38. The highest BCUT2D eigenvalue weighted by atomic mass is 32.1. The number of nitrogens with zero attached hydrogens (tertiary/aromatic N) is 5. The molecule has 0 aliphatic carbocycles. The Labute approximate surface area is 243 Å². The predicted molar refractivity (Wildman–Crippen MR) is 156 cm³/mol. The SMILES string of the molecule is CC1(C)CC(N2CCCc3cc(C#N)cc(-c4ccnc5cc(Cn6c(=O)ccn(CC(F)(F)F)c6=O)sc45)c32)CN1. The number of hydrogen-bond acceptors (Lipinski definition) is 7. The van der Waals surface area contributed by atoms with Gasteiger partial charge in [0.05, 0.1) is 28.4 Å². The number of alkyl halides is 3. The van der Waals surface area contributed by atoms with E-state index in [4.69, 9.17) is 0 Å². The second kappa shape index (κ2) is 10.4. The van der Waals surface area contributed by atoms with Crippen LogP contribution in [0.4, 0.5) is 18.9 Å². The zero-order valence-corrected chi connectivity index (χ0v) is 24.0. The Hall–Kier alpha value is -3.95. The quantitative estimate of drug-likeness (QED) is 0.361. The molecule has 1 atom stereocenters. The van der Waals surface area contributed by atoms with Crippen LogP contribution in [0.1, 0.15) is 42.7 Å². The molecule has 3 aromatic heterocycles. The molecule has 1 N–H and O–H groups in total. The summed E-state index contributed by atoms with van der Waals surface area (Å²) in [6.45, 7) is 4.51. The third-order valence-corrected chi connectivity index (χ3v) is 9.15. The van der Waals surface area contributed by atoms with Crippen molar-refractivity contribution in [2.45, 2.75) is 64.0 Å². The summed E-state index contributed by atoms with van der Waals surface area (Å²) in [5.41, 5.74) is 3.59. The lowest BCUT2D eigenvalue weighted by atomic mass is 9.90. The molecule has 1 fully saturated rings. The minimum atomic E-state index is -4.60. The fourth-order valence-corrected chi connectivity index (χ4v) is 7.34. The van der Waals surface area contributed by atoms with Gasteiger partial charge in [-0.3, -0.25) is 18.9 Å². The van der Waals surface area contributed by atoms with Gasteiger partial charge in [0.1, 0.15) is 6.54 Å². The summed E-state index contributed by atoms with van der Waals surface area (Å²) in [6, 6.07) is 11.1. The molecule has 0 bridgehead atoms. The van der Waals surface area contributed by atoms with E-state index < -0.39 is 24.0 Å². The average Bonchev–Trinajstić information content (AvgIpc) is 3.53. The number of thiophene rings is 1. The highest BCUT2D eigenvalue weighted by Gasteiger charge is 2.37. The molecule has 12 heteroatoms. The minimum absolute atomic E-state index is 0.0236. The monoisotopic (exact) mass is 594 g/mol. The van der Waals surface area contributed by atoms with Gasteiger partial charge < -0.3 is 10.2 Å². The van der Waals surface area contributed by atoms with Gasteiger partial charge in [-0.25, -0.2) is 4.79 Å². The van der Waals surface area contributed by atoms with Gasteiger partial charge in [0.2, 0.25) is 0 Å². The van der Waals surface area contributed by atoms with E-state index in [0.29, 0.717) is 26.6 Å². The number of aromatic nitrogens is 3. The maximum absolute atomic E-state index is 13.0. The second-order valence-electron chi connectivity index (χ2n) is 11.6. The Morgan fingerprint density at radius 1 is 1.19 bits per heavy atom. The van der Waals surface area contributed by atoms with Crippen LogP contribution in [-0.4, -0.2) is 45.0 Å². The fraction of sp³-hybridized carbons (Fsp3) is 0.400. The Bertz CT molecular complexity index is 1850. The van der Waals surface area contributed by atoms with Crippen LogP contribution in [0, 0.1) is 11.3 Å². The van der Waals surface area contributed by atoms with Crippen LogP contribution < -0.4 is 21.5 Å². The lowest BCUT2D eigenvalue weighted by molar-refractivity contribution is -0.141. The third kappa shape index (κ3) is 5.34. The largest absolute Gasteiger partial charge is 0.406 e. The van der Waals surface area contributed by atoms with Gasteiger partial charge in [-0.15, -0.1) is 11.3 Å². The number of nitrogens with one attached hydrogen (secondary N) is 1. The molecule has 42 heavy (non-hydrogen) atoms. The summed E-state index contributed by atoms with van der Waals surface area (Å²) in [5, 5.41) is 13.5. The Morgan fingerprint density at radius 3 is 2.71 bits per heavy atom. The highest BCUT2D eigenvalue weighted by Crippen LogP contribution is 2.44. The van der Waals surface area contributed by atoms with Crippen molar-refractivity contribution >= 4 is 27.2 Å². The molecule has 218 valence electrons. The van der Waals surface area contributed by atoms with Crippen molar-refractivity contribution in [3.8, 4) is 17.2 Å². The zero-order chi connectivity index (χ0) is 29.8. The zero-order valence-electron chi connectivity index (χ0n) is 23.2. The molecule has 1 saturated heterocycles. The van der Waals surface area contributed by atoms with Crippen LogP contribution in [-0.2, 0) is 19.5 Å². The van der Waals surface area contributed by atoms with Gasteiger partial charge >= 0.3 is 11.9 Å². The summed E-state index contributed by atoms with van der Waals surface area (Å²) < 4.78 is 41.1. The molecular weight excluding hydrogens is 565 g/mol. The molecule has 0 saturated carbocycles. The molecular formula is C30H29F3N6O2S. The minimum Gasteiger partial charge on any atom is -0.366 e. The van der Waals surface area contributed by atoms with Crippen LogP contribution in [0.25, 0.3) is 21.3 Å². The van der Waals surface area contributed by atoms with Crippen molar-refractivity contribution in [3.05, 3.63) is 79.6 Å². The number of halogens is 3. The fourth-order valence-electron chi connectivity index (χ4n) is 6.21. The van der Waals surface area contributed by atoms with Crippen LogP contribution in [0.2, 0.25) is 0 Å². The third-order valence-electron chi connectivity index (χ3n) is 8.01. The molecule has 1 unspecified atom stereocenters. The number of fused-ring (bicyclic) bond motifs is 2. The molecule has 0 spiro atoms. The van der Waals surface area contributed by atoms with Gasteiger partial charge in [0.15, 0.2) is 0 Å². The lowest BCUT2D eigenvalue weighted by Crippen LogP contribution is -2.41. The molecule has 0 amide bonds. The molecule has 0 radical (unpaired) electrons. The standard InChI is InChI=1S/C30H29F3N6O2S/c1-29(2)13-20(15-36-29)38-8-3-4-19-10-18(14-34)11-23(26(19)38)22-5-7-35-24-12-21(42-27(22)24)16-39-25(40)6-9-37(28(39)41)17-30(31,32)33/h5-7,9-12,20,36H,3-4,8,13,15-17H2,1-2H3. The van der Waals surface area contributed by atoms with Gasteiger partial charge in [0, 0.05) is 64.8 Å². The number of aryl methyl sites for hydroxylation is 1. The van der Waals surface area contributed by atoms with E-state index >= 15 is 0 Å². The van der Waals surface area contributed by atoms with Crippen LogP contribution in [0.15, 0.2) is 52.3 Å². The number of nitriles is 1. The average molecular weight is 595 g/mol. The van der Waals surface area contributed by atoms with E-state index in [1.807, 2.05) is 18.2 Å². The van der Waals surface area contributed by atoms with Gasteiger partial charge in [-0.05, 0) is 62.9 Å². The number of hydrogen-bond donors (Lipinski definition) is 1. The van der Waals surface area contributed by atoms with Crippen molar-refractivity contribution in [2.75, 3.05) is 18.0 Å². The first kappa shape index (κ1) is 28.2. The molecule has 6 rings (SSSR count). The Morgan fingerprint density at radius 2 is 2.00 bits per heavy atom. The normalized spacial score (nSPS) is 18.3. The molecule has 1 aromatic carbocycles. The second-order valence-corrected chi connectivity index (χ2v) is 12.8. The number of benzene rings is 1. The molecule has 8 nitrogen and oxygen atoms in total. The smallest absolute Gasteiger partial charge is 0.366 e. The summed E-state index contributed by atoms with van der Waals surface area (Å²) in [4.78, 5) is 32.9. The summed E-state index contributed by atoms with van der Waals surface area (Å²) in [5.74, 6) is 0.